The minimum absolute atomic E-state index is 0.295. The lowest BCUT2D eigenvalue weighted by Crippen LogP contribution is -2.37. The molecular weight excluding hydrogens is 458 g/mol. The van der Waals surface area contributed by atoms with Crippen molar-refractivity contribution in [2.24, 2.45) is 0 Å². The van der Waals surface area contributed by atoms with Crippen LogP contribution in [-0.4, -0.2) is 54.5 Å². The van der Waals surface area contributed by atoms with E-state index in [9.17, 15) is 14.7 Å². The molecule has 0 aromatic heterocycles. The monoisotopic (exact) mass is 497 g/mol. The summed E-state index contributed by atoms with van der Waals surface area (Å²) in [7, 11) is 0. The molecular formula is C29H39NO6. The van der Waals surface area contributed by atoms with E-state index in [2.05, 4.69) is 13.0 Å². The van der Waals surface area contributed by atoms with Gasteiger partial charge >= 0.3 is 12.1 Å². The Morgan fingerprint density at radius 3 is 2.42 bits per heavy atom. The molecule has 0 spiro atoms. The molecule has 1 N–H and O–H groups in total. The summed E-state index contributed by atoms with van der Waals surface area (Å²) < 4.78 is 16.9. The third kappa shape index (κ3) is 8.55. The molecule has 1 aliphatic carbocycles. The highest BCUT2D eigenvalue weighted by Crippen LogP contribution is 2.26. The lowest BCUT2D eigenvalue weighted by molar-refractivity contribution is -0.149. The average Bonchev–Trinajstić information content (AvgIpc) is 3.34. The Morgan fingerprint density at radius 2 is 1.69 bits per heavy atom. The summed E-state index contributed by atoms with van der Waals surface area (Å²) in [6.07, 6.45) is 6.64. The fourth-order valence-electron chi connectivity index (χ4n) is 4.43. The maximum absolute atomic E-state index is 13.0. The maximum atomic E-state index is 13.0. The van der Waals surface area contributed by atoms with Gasteiger partial charge in [0.2, 0.25) is 0 Å². The summed E-state index contributed by atoms with van der Waals surface area (Å²) in [6.45, 7) is 5.67. The van der Waals surface area contributed by atoms with Crippen molar-refractivity contribution in [2.75, 3.05) is 26.3 Å². The van der Waals surface area contributed by atoms with Gasteiger partial charge in [-0.15, -0.1) is 0 Å². The lowest BCUT2D eigenvalue weighted by Gasteiger charge is -2.22. The summed E-state index contributed by atoms with van der Waals surface area (Å²) in [6, 6.07) is 13.3. The molecule has 2 aromatic carbocycles. The topological polar surface area (TPSA) is 85.3 Å². The normalized spacial score (nSPS) is 13.2. The maximum Gasteiger partial charge on any atom is 0.415 e. The predicted molar refractivity (Wildman–Crippen MR) is 139 cm³/mol. The molecule has 0 fully saturated rings. The number of carbonyl (C=O) groups excluding carboxylic acids is 1. The van der Waals surface area contributed by atoms with Crippen molar-refractivity contribution in [1.82, 2.24) is 4.90 Å². The highest BCUT2D eigenvalue weighted by molar-refractivity contribution is 5.72. The van der Waals surface area contributed by atoms with Crippen LogP contribution in [0.1, 0.15) is 62.6 Å². The van der Waals surface area contributed by atoms with Crippen molar-refractivity contribution in [3.8, 4) is 11.5 Å². The van der Waals surface area contributed by atoms with Gasteiger partial charge in [-0.1, -0.05) is 44.4 Å². The molecule has 0 radical (unpaired) electrons. The van der Waals surface area contributed by atoms with E-state index in [0.29, 0.717) is 44.2 Å². The van der Waals surface area contributed by atoms with Crippen molar-refractivity contribution in [3.63, 3.8) is 0 Å². The van der Waals surface area contributed by atoms with Crippen LogP contribution in [0.25, 0.3) is 0 Å². The first-order valence-electron chi connectivity index (χ1n) is 13.1. The molecule has 0 aliphatic heterocycles. The number of unbranched alkanes of at least 4 members (excludes halogenated alkanes) is 3. The first-order valence-corrected chi connectivity index (χ1v) is 13.1. The van der Waals surface area contributed by atoms with Gasteiger partial charge in [0, 0.05) is 19.6 Å². The van der Waals surface area contributed by atoms with Gasteiger partial charge in [0.1, 0.15) is 18.1 Å². The fourth-order valence-corrected chi connectivity index (χ4v) is 4.43. The van der Waals surface area contributed by atoms with Crippen LogP contribution < -0.4 is 9.47 Å². The van der Waals surface area contributed by atoms with Gasteiger partial charge in [0.25, 0.3) is 0 Å². The van der Waals surface area contributed by atoms with E-state index >= 15 is 0 Å². The number of aliphatic carboxylic acids is 1. The van der Waals surface area contributed by atoms with E-state index in [1.807, 2.05) is 36.4 Å². The molecule has 0 saturated heterocycles. The summed E-state index contributed by atoms with van der Waals surface area (Å²) in [5.41, 5.74) is 3.48. The van der Waals surface area contributed by atoms with Crippen LogP contribution in [0.2, 0.25) is 0 Å². The molecule has 3 rings (SSSR count). The fraction of sp³-hybridized carbons (Fsp3) is 0.517. The molecule has 2 aromatic rings. The summed E-state index contributed by atoms with van der Waals surface area (Å²) in [5.74, 6) is 0.297. The molecule has 196 valence electrons. The van der Waals surface area contributed by atoms with Crippen LogP contribution in [0.15, 0.2) is 42.5 Å². The quantitative estimate of drug-likeness (QED) is 0.319. The summed E-state index contributed by atoms with van der Waals surface area (Å²) in [4.78, 5) is 26.0. The Bertz CT molecular complexity index is 974. The first-order chi connectivity index (χ1) is 17.5. The number of benzene rings is 2. The molecule has 0 saturated carbocycles. The Morgan fingerprint density at radius 1 is 0.944 bits per heavy atom. The van der Waals surface area contributed by atoms with Crippen molar-refractivity contribution >= 4 is 12.1 Å². The number of rotatable bonds is 15. The smallest absolute Gasteiger partial charge is 0.415 e. The van der Waals surface area contributed by atoms with E-state index in [1.54, 1.807) is 11.8 Å². The largest absolute Gasteiger partial charge is 0.492 e. The molecule has 1 unspecified atom stereocenters. The number of carboxylic acids is 1. The van der Waals surface area contributed by atoms with Gasteiger partial charge in [0.05, 0.1) is 6.54 Å². The third-order valence-electron chi connectivity index (χ3n) is 6.43. The Kier molecular flexibility index (Phi) is 11.1. The molecule has 7 heteroatoms. The van der Waals surface area contributed by atoms with E-state index in [1.165, 1.54) is 11.1 Å². The minimum Gasteiger partial charge on any atom is -0.492 e. The zero-order valence-electron chi connectivity index (χ0n) is 21.5. The number of amides is 1. The zero-order valence-corrected chi connectivity index (χ0v) is 21.5. The van der Waals surface area contributed by atoms with E-state index < -0.39 is 12.1 Å². The summed E-state index contributed by atoms with van der Waals surface area (Å²) >= 11 is 0. The standard InChI is InChI=1S/C29H39NO6/c1-3-5-6-7-17-30(29(33)36-26-16-13-23-9-8-10-24(23)21-26)18-19-35-25-14-11-22(12-15-25)20-27(28(31)32)34-4-2/h11-16,21,27H,3-10,17-20H2,1-2H3,(H,31,32). The molecule has 36 heavy (non-hydrogen) atoms. The highest BCUT2D eigenvalue weighted by Gasteiger charge is 2.19. The van der Waals surface area contributed by atoms with Crippen LogP contribution in [-0.2, 0) is 28.8 Å². The van der Waals surface area contributed by atoms with Gasteiger partial charge in [-0.25, -0.2) is 9.59 Å². The van der Waals surface area contributed by atoms with Gasteiger partial charge in [0.15, 0.2) is 6.10 Å². The Balaban J connectivity index is 1.53. The van der Waals surface area contributed by atoms with Crippen LogP contribution in [0, 0.1) is 0 Å². The Hall–Kier alpha value is -3.06. The molecule has 1 amide bonds. The zero-order chi connectivity index (χ0) is 25.8. The molecule has 1 aliphatic rings. The van der Waals surface area contributed by atoms with Crippen molar-refractivity contribution < 1.29 is 28.9 Å². The number of hydrogen-bond acceptors (Lipinski definition) is 5. The van der Waals surface area contributed by atoms with Crippen LogP contribution >= 0.6 is 0 Å². The van der Waals surface area contributed by atoms with Crippen molar-refractivity contribution in [2.45, 2.75) is 71.3 Å². The Labute approximate surface area is 214 Å². The SMILES string of the molecule is CCCCCCN(CCOc1ccc(CC(OCC)C(=O)O)cc1)C(=O)Oc1ccc2c(c1)CCC2. The number of ether oxygens (including phenoxy) is 3. The lowest BCUT2D eigenvalue weighted by atomic mass is 10.1. The number of carbonyl (C=O) groups is 2. The van der Waals surface area contributed by atoms with Crippen LogP contribution in [0.5, 0.6) is 11.5 Å². The van der Waals surface area contributed by atoms with E-state index in [0.717, 1.165) is 50.5 Å². The molecule has 0 heterocycles. The van der Waals surface area contributed by atoms with Crippen LogP contribution in [0.3, 0.4) is 0 Å². The number of hydrogen-bond donors (Lipinski definition) is 1. The number of carboxylic acid groups (broad SMARTS) is 1. The van der Waals surface area contributed by atoms with Gasteiger partial charge in [-0.2, -0.15) is 0 Å². The third-order valence-corrected chi connectivity index (χ3v) is 6.43. The van der Waals surface area contributed by atoms with E-state index in [-0.39, 0.29) is 6.09 Å². The van der Waals surface area contributed by atoms with E-state index in [4.69, 9.17) is 14.2 Å². The minimum atomic E-state index is -0.969. The number of aryl methyl sites for hydroxylation is 2. The second-order valence-electron chi connectivity index (χ2n) is 9.18. The molecule has 1 atom stereocenters. The van der Waals surface area contributed by atoms with Gasteiger partial charge < -0.3 is 24.2 Å². The molecule has 7 nitrogen and oxygen atoms in total. The summed E-state index contributed by atoms with van der Waals surface area (Å²) in [5, 5.41) is 9.27. The number of nitrogens with zero attached hydrogens (tertiary/aromatic N) is 1. The second-order valence-corrected chi connectivity index (χ2v) is 9.18. The number of fused-ring (bicyclic) bond motifs is 1. The predicted octanol–water partition coefficient (Wildman–Crippen LogP) is 5.67. The molecule has 0 bridgehead atoms. The second kappa shape index (κ2) is 14.5. The average molecular weight is 498 g/mol. The van der Waals surface area contributed by atoms with Crippen molar-refractivity contribution in [1.29, 1.82) is 0 Å². The van der Waals surface area contributed by atoms with Gasteiger partial charge in [-0.05, 0) is 73.6 Å². The van der Waals surface area contributed by atoms with Crippen molar-refractivity contribution in [3.05, 3.63) is 59.2 Å². The van der Waals surface area contributed by atoms with Gasteiger partial charge in [-0.3, -0.25) is 0 Å². The first kappa shape index (κ1) is 27.5. The highest BCUT2D eigenvalue weighted by atomic mass is 16.6. The van der Waals surface area contributed by atoms with Crippen LogP contribution in [0.4, 0.5) is 4.79 Å².